The van der Waals surface area contributed by atoms with Crippen LogP contribution in [0.25, 0.3) is 10.2 Å². The topological polar surface area (TPSA) is 38.9 Å². The van der Waals surface area contributed by atoms with Gasteiger partial charge in [-0.15, -0.1) is 11.3 Å². The normalized spacial score (nSPS) is 25.3. The molecule has 1 aliphatic rings. The van der Waals surface area contributed by atoms with Gasteiger partial charge in [0.1, 0.15) is 0 Å². The van der Waals surface area contributed by atoms with E-state index in [4.69, 9.17) is 22.3 Å². The van der Waals surface area contributed by atoms with Crippen LogP contribution < -0.4 is 5.73 Å². The Morgan fingerprint density at radius 1 is 1.29 bits per heavy atom. The molecule has 90 valence electrons. The van der Waals surface area contributed by atoms with E-state index in [1.165, 1.54) is 29.0 Å². The van der Waals surface area contributed by atoms with Gasteiger partial charge >= 0.3 is 0 Å². The van der Waals surface area contributed by atoms with Gasteiger partial charge < -0.3 is 5.73 Å². The SMILES string of the molecule is NC1CCCCC1c1nc2cc(Cl)ccc2s1. The third-order valence-electron chi connectivity index (χ3n) is 3.50. The zero-order valence-electron chi connectivity index (χ0n) is 9.53. The van der Waals surface area contributed by atoms with Gasteiger partial charge in [0.05, 0.1) is 15.2 Å². The molecule has 0 spiro atoms. The smallest absolute Gasteiger partial charge is 0.0984 e. The first kappa shape index (κ1) is 11.5. The Kier molecular flexibility index (Phi) is 3.07. The Morgan fingerprint density at radius 2 is 2.12 bits per heavy atom. The zero-order valence-corrected chi connectivity index (χ0v) is 11.1. The maximum atomic E-state index is 6.20. The Hall–Kier alpha value is -0.640. The van der Waals surface area contributed by atoms with Crippen molar-refractivity contribution >= 4 is 33.2 Å². The van der Waals surface area contributed by atoms with Gasteiger partial charge in [-0.05, 0) is 31.0 Å². The predicted octanol–water partition coefficient (Wildman–Crippen LogP) is 3.93. The molecule has 1 heterocycles. The zero-order chi connectivity index (χ0) is 11.8. The summed E-state index contributed by atoms with van der Waals surface area (Å²) in [5, 5.41) is 1.94. The molecule has 0 saturated heterocycles. The number of nitrogens with two attached hydrogens (primary N) is 1. The lowest BCUT2D eigenvalue weighted by Gasteiger charge is -2.26. The van der Waals surface area contributed by atoms with Gasteiger partial charge in [-0.25, -0.2) is 4.98 Å². The summed E-state index contributed by atoms with van der Waals surface area (Å²) >= 11 is 7.75. The molecule has 0 aliphatic heterocycles. The number of fused-ring (bicyclic) bond motifs is 1. The van der Waals surface area contributed by atoms with Crippen LogP contribution in [0, 0.1) is 0 Å². The van der Waals surface area contributed by atoms with Gasteiger partial charge in [-0.3, -0.25) is 0 Å². The summed E-state index contributed by atoms with van der Waals surface area (Å²) in [5.41, 5.74) is 7.21. The van der Waals surface area contributed by atoms with E-state index in [1.54, 1.807) is 11.3 Å². The highest BCUT2D eigenvalue weighted by atomic mass is 35.5. The van der Waals surface area contributed by atoms with E-state index in [0.717, 1.165) is 17.0 Å². The van der Waals surface area contributed by atoms with Crippen molar-refractivity contribution in [1.82, 2.24) is 4.98 Å². The Labute approximate surface area is 110 Å². The predicted molar refractivity (Wildman–Crippen MR) is 73.8 cm³/mol. The van der Waals surface area contributed by atoms with E-state index < -0.39 is 0 Å². The van der Waals surface area contributed by atoms with Gasteiger partial charge in [0.25, 0.3) is 0 Å². The minimum Gasteiger partial charge on any atom is -0.327 e. The summed E-state index contributed by atoms with van der Waals surface area (Å²) in [7, 11) is 0. The quantitative estimate of drug-likeness (QED) is 0.849. The number of benzene rings is 1. The van der Waals surface area contributed by atoms with Crippen LogP contribution in [0.15, 0.2) is 18.2 Å². The largest absolute Gasteiger partial charge is 0.327 e. The monoisotopic (exact) mass is 266 g/mol. The summed E-state index contributed by atoms with van der Waals surface area (Å²) in [6.45, 7) is 0. The number of hydrogen-bond acceptors (Lipinski definition) is 3. The first-order valence-corrected chi connectivity index (χ1v) is 7.25. The van der Waals surface area contributed by atoms with Gasteiger partial charge in [-0.1, -0.05) is 24.4 Å². The number of thiazole rings is 1. The van der Waals surface area contributed by atoms with Crippen LogP contribution in [0.3, 0.4) is 0 Å². The molecule has 0 radical (unpaired) electrons. The highest BCUT2D eigenvalue weighted by Crippen LogP contribution is 2.36. The minimum absolute atomic E-state index is 0.278. The van der Waals surface area contributed by atoms with Crippen molar-refractivity contribution in [2.45, 2.75) is 37.6 Å². The first-order valence-electron chi connectivity index (χ1n) is 6.05. The molecule has 1 fully saturated rings. The molecule has 2 atom stereocenters. The van der Waals surface area contributed by atoms with Gasteiger partial charge in [0.15, 0.2) is 0 Å². The molecule has 2 N–H and O–H groups in total. The summed E-state index contributed by atoms with van der Waals surface area (Å²) in [4.78, 5) is 4.70. The minimum atomic E-state index is 0.278. The van der Waals surface area contributed by atoms with Crippen molar-refractivity contribution in [1.29, 1.82) is 0 Å². The van der Waals surface area contributed by atoms with Crippen molar-refractivity contribution in [2.24, 2.45) is 5.73 Å². The van der Waals surface area contributed by atoms with Gasteiger partial charge in [-0.2, -0.15) is 0 Å². The average Bonchev–Trinajstić information content (AvgIpc) is 2.72. The summed E-state index contributed by atoms with van der Waals surface area (Å²) in [5.74, 6) is 0.444. The molecule has 3 rings (SSSR count). The second-order valence-electron chi connectivity index (χ2n) is 4.72. The van der Waals surface area contributed by atoms with E-state index in [-0.39, 0.29) is 6.04 Å². The number of halogens is 1. The number of hydrogen-bond donors (Lipinski definition) is 1. The average molecular weight is 267 g/mol. The van der Waals surface area contributed by atoms with E-state index in [1.807, 2.05) is 18.2 Å². The van der Waals surface area contributed by atoms with Crippen LogP contribution in [-0.4, -0.2) is 11.0 Å². The molecule has 0 bridgehead atoms. The molecular weight excluding hydrogens is 252 g/mol. The molecule has 2 aromatic rings. The summed E-state index contributed by atoms with van der Waals surface area (Å²) in [6.07, 6.45) is 4.83. The molecule has 1 aromatic carbocycles. The molecule has 4 heteroatoms. The van der Waals surface area contributed by atoms with Gasteiger partial charge in [0, 0.05) is 17.0 Å². The van der Waals surface area contributed by atoms with Crippen LogP contribution in [0.2, 0.25) is 5.02 Å². The second-order valence-corrected chi connectivity index (χ2v) is 6.22. The fourth-order valence-electron chi connectivity index (χ4n) is 2.54. The number of nitrogens with zero attached hydrogens (tertiary/aromatic N) is 1. The Balaban J connectivity index is 1.99. The van der Waals surface area contributed by atoms with E-state index in [0.29, 0.717) is 5.92 Å². The lowest BCUT2D eigenvalue weighted by molar-refractivity contribution is 0.385. The lowest BCUT2D eigenvalue weighted by Crippen LogP contribution is -2.31. The highest BCUT2D eigenvalue weighted by molar-refractivity contribution is 7.18. The highest BCUT2D eigenvalue weighted by Gasteiger charge is 2.26. The van der Waals surface area contributed by atoms with Crippen LogP contribution in [0.4, 0.5) is 0 Å². The van der Waals surface area contributed by atoms with E-state index >= 15 is 0 Å². The molecule has 1 saturated carbocycles. The Morgan fingerprint density at radius 3 is 2.94 bits per heavy atom. The van der Waals surface area contributed by atoms with Crippen molar-refractivity contribution in [3.05, 3.63) is 28.2 Å². The van der Waals surface area contributed by atoms with Crippen LogP contribution in [-0.2, 0) is 0 Å². The first-order chi connectivity index (χ1) is 8.24. The molecule has 1 aliphatic carbocycles. The summed E-state index contributed by atoms with van der Waals surface area (Å²) in [6, 6.07) is 6.19. The molecule has 1 aromatic heterocycles. The lowest BCUT2D eigenvalue weighted by atomic mass is 9.85. The summed E-state index contributed by atoms with van der Waals surface area (Å²) < 4.78 is 1.21. The van der Waals surface area contributed by atoms with Crippen LogP contribution in [0.1, 0.15) is 36.6 Å². The van der Waals surface area contributed by atoms with Crippen molar-refractivity contribution in [2.75, 3.05) is 0 Å². The Bertz CT molecular complexity index is 537. The molecule has 0 amide bonds. The molecule has 17 heavy (non-hydrogen) atoms. The molecule has 2 unspecified atom stereocenters. The third kappa shape index (κ3) is 2.19. The maximum Gasteiger partial charge on any atom is 0.0984 e. The maximum absolute atomic E-state index is 6.20. The third-order valence-corrected chi connectivity index (χ3v) is 4.91. The van der Waals surface area contributed by atoms with Crippen molar-refractivity contribution < 1.29 is 0 Å². The molecule has 2 nitrogen and oxygen atoms in total. The fourth-order valence-corrected chi connectivity index (χ4v) is 3.87. The van der Waals surface area contributed by atoms with Crippen LogP contribution >= 0.6 is 22.9 Å². The van der Waals surface area contributed by atoms with E-state index in [9.17, 15) is 0 Å². The second kappa shape index (κ2) is 4.56. The fraction of sp³-hybridized carbons (Fsp3) is 0.462. The van der Waals surface area contributed by atoms with Crippen molar-refractivity contribution in [3.8, 4) is 0 Å². The van der Waals surface area contributed by atoms with E-state index in [2.05, 4.69) is 0 Å². The van der Waals surface area contributed by atoms with Crippen molar-refractivity contribution in [3.63, 3.8) is 0 Å². The van der Waals surface area contributed by atoms with Crippen LogP contribution in [0.5, 0.6) is 0 Å². The number of rotatable bonds is 1. The number of aromatic nitrogens is 1. The molecular formula is C13H15ClN2S. The van der Waals surface area contributed by atoms with Gasteiger partial charge in [0.2, 0.25) is 0 Å². The standard InChI is InChI=1S/C13H15ClN2S/c14-8-5-6-12-11(7-8)16-13(17-12)9-3-1-2-4-10(9)15/h5-7,9-10H,1-4,15H2.